The van der Waals surface area contributed by atoms with Crippen molar-refractivity contribution in [1.82, 2.24) is 10.2 Å². The zero-order valence-corrected chi connectivity index (χ0v) is 11.8. The topological polar surface area (TPSA) is 32.3 Å². The summed E-state index contributed by atoms with van der Waals surface area (Å²) in [6.07, 6.45) is 3.20. The fourth-order valence-corrected chi connectivity index (χ4v) is 2.78. The SMILES string of the molecule is CCCC(C)C(=O)N1CCC(NCC)C(C)C1. The minimum Gasteiger partial charge on any atom is -0.342 e. The molecule has 1 rings (SSSR count). The Hall–Kier alpha value is -0.570. The van der Waals surface area contributed by atoms with Crippen LogP contribution in [0.1, 0.15) is 47.0 Å². The lowest BCUT2D eigenvalue weighted by Gasteiger charge is -2.38. The van der Waals surface area contributed by atoms with E-state index in [2.05, 4.69) is 37.9 Å². The minimum absolute atomic E-state index is 0.197. The summed E-state index contributed by atoms with van der Waals surface area (Å²) < 4.78 is 0. The van der Waals surface area contributed by atoms with Crippen LogP contribution >= 0.6 is 0 Å². The van der Waals surface area contributed by atoms with Crippen LogP contribution in [0.3, 0.4) is 0 Å². The monoisotopic (exact) mass is 240 g/mol. The van der Waals surface area contributed by atoms with Gasteiger partial charge in [-0.25, -0.2) is 0 Å². The molecule has 1 saturated heterocycles. The molecule has 3 nitrogen and oxygen atoms in total. The average molecular weight is 240 g/mol. The molecule has 1 aliphatic rings. The third-order valence-electron chi connectivity index (χ3n) is 3.83. The molecule has 0 spiro atoms. The Morgan fingerprint density at radius 1 is 1.47 bits per heavy atom. The maximum Gasteiger partial charge on any atom is 0.225 e. The van der Waals surface area contributed by atoms with Crippen LogP contribution in [0.4, 0.5) is 0 Å². The van der Waals surface area contributed by atoms with Crippen LogP contribution in [0, 0.1) is 11.8 Å². The van der Waals surface area contributed by atoms with Crippen molar-refractivity contribution >= 4 is 5.91 Å². The highest BCUT2D eigenvalue weighted by Crippen LogP contribution is 2.20. The van der Waals surface area contributed by atoms with E-state index in [0.29, 0.717) is 17.9 Å². The fraction of sp³-hybridized carbons (Fsp3) is 0.929. The molecule has 17 heavy (non-hydrogen) atoms. The summed E-state index contributed by atoms with van der Waals surface area (Å²) in [5.41, 5.74) is 0. The van der Waals surface area contributed by atoms with E-state index in [-0.39, 0.29) is 5.92 Å². The Bertz CT molecular complexity index is 242. The molecule has 1 heterocycles. The summed E-state index contributed by atoms with van der Waals surface area (Å²) in [5.74, 6) is 1.12. The molecule has 0 aromatic carbocycles. The molecule has 0 aromatic heterocycles. The predicted octanol–water partition coefficient (Wildman–Crippen LogP) is 2.27. The standard InChI is InChI=1S/C14H28N2O/c1-5-7-11(3)14(17)16-9-8-13(15-6-2)12(4)10-16/h11-13,15H,5-10H2,1-4H3. The minimum atomic E-state index is 0.197. The van der Waals surface area contributed by atoms with E-state index in [1.165, 1.54) is 0 Å². The van der Waals surface area contributed by atoms with Gasteiger partial charge in [-0.2, -0.15) is 0 Å². The van der Waals surface area contributed by atoms with Crippen LogP contribution in [0.2, 0.25) is 0 Å². The fourth-order valence-electron chi connectivity index (χ4n) is 2.78. The molecule has 0 bridgehead atoms. The van der Waals surface area contributed by atoms with Crippen LogP contribution in [0.5, 0.6) is 0 Å². The zero-order valence-electron chi connectivity index (χ0n) is 11.8. The van der Waals surface area contributed by atoms with Crippen LogP contribution in [0.25, 0.3) is 0 Å². The molecule has 3 unspecified atom stereocenters. The molecular weight excluding hydrogens is 212 g/mol. The number of nitrogens with one attached hydrogen (secondary N) is 1. The van der Waals surface area contributed by atoms with Crippen molar-refractivity contribution in [2.24, 2.45) is 11.8 Å². The number of nitrogens with zero attached hydrogens (tertiary/aromatic N) is 1. The average Bonchev–Trinajstić information content (AvgIpc) is 2.31. The second-order valence-electron chi connectivity index (χ2n) is 5.40. The quantitative estimate of drug-likeness (QED) is 0.799. The van der Waals surface area contributed by atoms with Gasteiger partial charge in [0.25, 0.3) is 0 Å². The first kappa shape index (κ1) is 14.5. The number of hydrogen-bond acceptors (Lipinski definition) is 2. The van der Waals surface area contributed by atoms with Gasteiger partial charge in [-0.1, -0.05) is 34.1 Å². The molecule has 3 heteroatoms. The summed E-state index contributed by atoms with van der Waals surface area (Å²) in [4.78, 5) is 14.3. The first-order valence-corrected chi connectivity index (χ1v) is 7.12. The van der Waals surface area contributed by atoms with Crippen molar-refractivity contribution in [2.75, 3.05) is 19.6 Å². The van der Waals surface area contributed by atoms with E-state index in [4.69, 9.17) is 0 Å². The van der Waals surface area contributed by atoms with Crippen molar-refractivity contribution < 1.29 is 4.79 Å². The summed E-state index contributed by atoms with van der Waals surface area (Å²) in [6, 6.07) is 0.588. The van der Waals surface area contributed by atoms with Gasteiger partial charge in [0.15, 0.2) is 0 Å². The van der Waals surface area contributed by atoms with E-state index < -0.39 is 0 Å². The molecule has 1 N–H and O–H groups in total. The third-order valence-corrected chi connectivity index (χ3v) is 3.83. The van der Waals surface area contributed by atoms with Gasteiger partial charge in [0.1, 0.15) is 0 Å². The van der Waals surface area contributed by atoms with Crippen LogP contribution < -0.4 is 5.32 Å². The summed E-state index contributed by atoms with van der Waals surface area (Å²) in [7, 11) is 0. The Morgan fingerprint density at radius 3 is 2.71 bits per heavy atom. The molecule has 1 aliphatic heterocycles. The molecule has 0 aliphatic carbocycles. The third kappa shape index (κ3) is 3.98. The van der Waals surface area contributed by atoms with Gasteiger partial charge in [-0.05, 0) is 25.3 Å². The Labute approximate surface area is 106 Å². The van der Waals surface area contributed by atoms with Crippen molar-refractivity contribution in [1.29, 1.82) is 0 Å². The first-order chi connectivity index (χ1) is 8.10. The van der Waals surface area contributed by atoms with E-state index in [0.717, 1.165) is 38.9 Å². The van der Waals surface area contributed by atoms with Gasteiger partial charge in [-0.15, -0.1) is 0 Å². The highest BCUT2D eigenvalue weighted by Gasteiger charge is 2.29. The lowest BCUT2D eigenvalue weighted by Crippen LogP contribution is -2.51. The summed E-state index contributed by atoms with van der Waals surface area (Å²) >= 11 is 0. The van der Waals surface area contributed by atoms with E-state index in [9.17, 15) is 4.79 Å². The number of piperidine rings is 1. The predicted molar refractivity (Wildman–Crippen MR) is 71.9 cm³/mol. The largest absolute Gasteiger partial charge is 0.342 e. The molecule has 0 aromatic rings. The first-order valence-electron chi connectivity index (χ1n) is 7.12. The normalized spacial score (nSPS) is 26.9. The number of carbonyl (C=O) groups excluding carboxylic acids is 1. The molecule has 1 fully saturated rings. The molecule has 0 radical (unpaired) electrons. The second-order valence-corrected chi connectivity index (χ2v) is 5.40. The molecule has 1 amide bonds. The molecular formula is C14H28N2O. The van der Waals surface area contributed by atoms with Crippen LogP contribution in [-0.2, 0) is 4.79 Å². The number of carbonyl (C=O) groups is 1. The van der Waals surface area contributed by atoms with Gasteiger partial charge in [-0.3, -0.25) is 4.79 Å². The number of likely N-dealkylation sites (tertiary alicyclic amines) is 1. The van der Waals surface area contributed by atoms with Gasteiger partial charge in [0, 0.05) is 25.0 Å². The van der Waals surface area contributed by atoms with E-state index in [1.54, 1.807) is 0 Å². The van der Waals surface area contributed by atoms with Crippen LogP contribution in [-0.4, -0.2) is 36.5 Å². The number of amides is 1. The van der Waals surface area contributed by atoms with Crippen molar-refractivity contribution in [2.45, 2.75) is 53.0 Å². The lowest BCUT2D eigenvalue weighted by molar-refractivity contribution is -0.137. The smallest absolute Gasteiger partial charge is 0.225 e. The summed E-state index contributed by atoms with van der Waals surface area (Å²) in [5, 5.41) is 3.51. The van der Waals surface area contributed by atoms with E-state index >= 15 is 0 Å². The Balaban J connectivity index is 2.45. The van der Waals surface area contributed by atoms with Crippen molar-refractivity contribution in [3.63, 3.8) is 0 Å². The second kappa shape index (κ2) is 7.00. The van der Waals surface area contributed by atoms with Crippen LogP contribution in [0.15, 0.2) is 0 Å². The van der Waals surface area contributed by atoms with Gasteiger partial charge >= 0.3 is 0 Å². The highest BCUT2D eigenvalue weighted by molar-refractivity contribution is 5.78. The maximum atomic E-state index is 12.2. The number of rotatable bonds is 5. The van der Waals surface area contributed by atoms with Gasteiger partial charge in [0.05, 0.1) is 0 Å². The Morgan fingerprint density at radius 2 is 2.18 bits per heavy atom. The maximum absolute atomic E-state index is 12.2. The Kier molecular flexibility index (Phi) is 5.96. The van der Waals surface area contributed by atoms with E-state index in [1.807, 2.05) is 0 Å². The highest BCUT2D eigenvalue weighted by atomic mass is 16.2. The number of hydrogen-bond donors (Lipinski definition) is 1. The summed E-state index contributed by atoms with van der Waals surface area (Å²) in [6.45, 7) is 11.5. The molecule has 3 atom stereocenters. The zero-order chi connectivity index (χ0) is 12.8. The van der Waals surface area contributed by atoms with Gasteiger partial charge in [0.2, 0.25) is 5.91 Å². The van der Waals surface area contributed by atoms with Crippen molar-refractivity contribution in [3.05, 3.63) is 0 Å². The lowest BCUT2D eigenvalue weighted by atomic mass is 9.92. The van der Waals surface area contributed by atoms with Crippen molar-refractivity contribution in [3.8, 4) is 0 Å². The molecule has 100 valence electrons. The molecule has 0 saturated carbocycles. The van der Waals surface area contributed by atoms with Gasteiger partial charge < -0.3 is 10.2 Å².